The van der Waals surface area contributed by atoms with Crippen molar-refractivity contribution >= 4 is 21.4 Å². The zero-order valence-corrected chi connectivity index (χ0v) is 12.4. The third kappa shape index (κ3) is 3.30. The van der Waals surface area contributed by atoms with Crippen molar-refractivity contribution in [2.75, 3.05) is 23.8 Å². The molecule has 1 fully saturated rings. The van der Waals surface area contributed by atoms with Crippen molar-refractivity contribution in [2.24, 2.45) is 0 Å². The van der Waals surface area contributed by atoms with E-state index in [0.29, 0.717) is 24.2 Å². The molecule has 1 aliphatic heterocycles. The van der Waals surface area contributed by atoms with Crippen molar-refractivity contribution in [1.29, 1.82) is 0 Å². The van der Waals surface area contributed by atoms with Gasteiger partial charge in [-0.25, -0.2) is 8.42 Å². The van der Waals surface area contributed by atoms with Gasteiger partial charge < -0.3 is 10.6 Å². The molecular weight excluding hydrogens is 276 g/mol. The van der Waals surface area contributed by atoms with E-state index in [9.17, 15) is 13.2 Å². The molecule has 110 valence electrons. The Hall–Kier alpha value is -1.56. The van der Waals surface area contributed by atoms with Crippen LogP contribution in [0.4, 0.5) is 5.69 Å². The molecule has 2 N–H and O–H groups in total. The molecule has 1 saturated heterocycles. The molecule has 6 heteroatoms. The summed E-state index contributed by atoms with van der Waals surface area (Å²) in [5, 5.41) is 0. The highest BCUT2D eigenvalue weighted by molar-refractivity contribution is 7.91. The van der Waals surface area contributed by atoms with E-state index in [1.54, 1.807) is 29.2 Å². The van der Waals surface area contributed by atoms with Crippen LogP contribution in [0, 0.1) is 0 Å². The highest BCUT2D eigenvalue weighted by Gasteiger charge is 2.34. The van der Waals surface area contributed by atoms with Gasteiger partial charge in [-0.2, -0.15) is 0 Å². The van der Waals surface area contributed by atoms with Crippen LogP contribution in [-0.4, -0.2) is 43.3 Å². The van der Waals surface area contributed by atoms with E-state index in [1.807, 2.05) is 6.92 Å². The fourth-order valence-corrected chi connectivity index (χ4v) is 4.28. The van der Waals surface area contributed by atoms with Crippen molar-refractivity contribution < 1.29 is 13.2 Å². The van der Waals surface area contributed by atoms with Crippen LogP contribution in [0.1, 0.15) is 30.1 Å². The summed E-state index contributed by atoms with van der Waals surface area (Å²) >= 11 is 0. The summed E-state index contributed by atoms with van der Waals surface area (Å²) in [6, 6.07) is 6.59. The number of sulfone groups is 1. The number of hydrogen-bond donors (Lipinski definition) is 1. The lowest BCUT2D eigenvalue weighted by molar-refractivity contribution is 0.0697. The van der Waals surface area contributed by atoms with Gasteiger partial charge in [0.15, 0.2) is 9.84 Å². The maximum atomic E-state index is 12.6. The van der Waals surface area contributed by atoms with Crippen LogP contribution >= 0.6 is 0 Å². The molecule has 1 aromatic carbocycles. The Morgan fingerprint density at radius 1 is 1.45 bits per heavy atom. The van der Waals surface area contributed by atoms with Gasteiger partial charge in [0, 0.05) is 23.8 Å². The maximum absolute atomic E-state index is 12.6. The number of carbonyl (C=O) groups excluding carboxylic acids is 1. The first-order valence-electron chi connectivity index (χ1n) is 6.80. The number of benzene rings is 1. The summed E-state index contributed by atoms with van der Waals surface area (Å²) in [5.41, 5.74) is 6.75. The zero-order chi connectivity index (χ0) is 14.8. The number of anilines is 1. The second kappa shape index (κ2) is 5.83. The molecule has 0 aliphatic carbocycles. The van der Waals surface area contributed by atoms with E-state index in [-0.39, 0.29) is 23.5 Å². The Balaban J connectivity index is 2.22. The van der Waals surface area contributed by atoms with Gasteiger partial charge in [-0.05, 0) is 31.0 Å². The van der Waals surface area contributed by atoms with Crippen LogP contribution in [0.25, 0.3) is 0 Å². The van der Waals surface area contributed by atoms with Crippen molar-refractivity contribution in [1.82, 2.24) is 4.90 Å². The molecule has 0 aromatic heterocycles. The quantitative estimate of drug-likeness (QED) is 0.849. The lowest BCUT2D eigenvalue weighted by Gasteiger charge is -2.28. The lowest BCUT2D eigenvalue weighted by atomic mass is 10.1. The predicted molar refractivity (Wildman–Crippen MR) is 79.2 cm³/mol. The van der Waals surface area contributed by atoms with Gasteiger partial charge in [-0.1, -0.05) is 13.0 Å². The number of hydrogen-bond acceptors (Lipinski definition) is 4. The van der Waals surface area contributed by atoms with Crippen LogP contribution in [0.2, 0.25) is 0 Å². The van der Waals surface area contributed by atoms with E-state index in [4.69, 9.17) is 5.73 Å². The van der Waals surface area contributed by atoms with E-state index < -0.39 is 9.84 Å². The summed E-state index contributed by atoms with van der Waals surface area (Å²) in [7, 11) is -3.00. The summed E-state index contributed by atoms with van der Waals surface area (Å²) in [4.78, 5) is 14.2. The van der Waals surface area contributed by atoms with Gasteiger partial charge in [-0.3, -0.25) is 4.79 Å². The minimum Gasteiger partial charge on any atom is -0.399 e. The van der Waals surface area contributed by atoms with E-state index >= 15 is 0 Å². The molecule has 1 atom stereocenters. The molecule has 2 rings (SSSR count). The Bertz CT molecular complexity index is 598. The highest BCUT2D eigenvalue weighted by Crippen LogP contribution is 2.21. The van der Waals surface area contributed by atoms with Gasteiger partial charge in [0.2, 0.25) is 0 Å². The lowest BCUT2D eigenvalue weighted by Crippen LogP contribution is -2.41. The SMILES string of the molecule is CCCN(C(=O)c1cccc(N)c1)C1CCS(=O)(=O)C1. The monoisotopic (exact) mass is 296 g/mol. The van der Waals surface area contributed by atoms with Crippen molar-refractivity contribution in [3.63, 3.8) is 0 Å². The van der Waals surface area contributed by atoms with E-state index in [0.717, 1.165) is 6.42 Å². The number of nitrogen functional groups attached to an aromatic ring is 1. The predicted octanol–water partition coefficient (Wildman–Crippen LogP) is 1.31. The molecule has 0 saturated carbocycles. The molecule has 1 aliphatic rings. The van der Waals surface area contributed by atoms with Crippen LogP contribution < -0.4 is 5.73 Å². The molecular formula is C14H20N2O3S. The fourth-order valence-electron chi connectivity index (χ4n) is 2.55. The Morgan fingerprint density at radius 3 is 2.75 bits per heavy atom. The average Bonchev–Trinajstić information content (AvgIpc) is 2.75. The Labute approximate surface area is 119 Å². The summed E-state index contributed by atoms with van der Waals surface area (Å²) < 4.78 is 23.2. The second-order valence-corrected chi connectivity index (χ2v) is 7.41. The largest absolute Gasteiger partial charge is 0.399 e. The van der Waals surface area contributed by atoms with Gasteiger partial charge in [0.1, 0.15) is 0 Å². The minimum absolute atomic E-state index is 0.0705. The van der Waals surface area contributed by atoms with E-state index in [1.165, 1.54) is 0 Å². The molecule has 1 heterocycles. The number of nitrogens with zero attached hydrogens (tertiary/aromatic N) is 1. The fraction of sp³-hybridized carbons (Fsp3) is 0.500. The third-order valence-corrected chi connectivity index (χ3v) is 5.26. The molecule has 0 spiro atoms. The summed E-state index contributed by atoms with van der Waals surface area (Å²) in [5.74, 6) is 0.101. The van der Waals surface area contributed by atoms with Crippen LogP contribution in [-0.2, 0) is 9.84 Å². The number of rotatable bonds is 4. The topological polar surface area (TPSA) is 80.5 Å². The van der Waals surface area contributed by atoms with Crippen molar-refractivity contribution in [2.45, 2.75) is 25.8 Å². The molecule has 1 unspecified atom stereocenters. The average molecular weight is 296 g/mol. The molecule has 1 amide bonds. The first-order valence-corrected chi connectivity index (χ1v) is 8.62. The van der Waals surface area contributed by atoms with E-state index in [2.05, 4.69) is 0 Å². The first kappa shape index (κ1) is 14.8. The minimum atomic E-state index is -3.00. The summed E-state index contributed by atoms with van der Waals surface area (Å²) in [6.45, 7) is 2.54. The van der Waals surface area contributed by atoms with Crippen molar-refractivity contribution in [3.8, 4) is 0 Å². The van der Waals surface area contributed by atoms with Gasteiger partial charge in [-0.15, -0.1) is 0 Å². The van der Waals surface area contributed by atoms with Crippen LogP contribution in [0.5, 0.6) is 0 Å². The zero-order valence-electron chi connectivity index (χ0n) is 11.6. The van der Waals surface area contributed by atoms with Crippen molar-refractivity contribution in [3.05, 3.63) is 29.8 Å². The Kier molecular flexibility index (Phi) is 4.32. The number of amides is 1. The molecule has 0 bridgehead atoms. The van der Waals surface area contributed by atoms with Crippen LogP contribution in [0.3, 0.4) is 0 Å². The highest BCUT2D eigenvalue weighted by atomic mass is 32.2. The molecule has 20 heavy (non-hydrogen) atoms. The molecule has 5 nitrogen and oxygen atoms in total. The standard InChI is InChI=1S/C14H20N2O3S/c1-2-7-16(13-6-8-20(18,19)10-13)14(17)11-4-3-5-12(15)9-11/h3-5,9,13H,2,6-8,10,15H2,1H3. The first-order chi connectivity index (χ1) is 9.43. The van der Waals surface area contributed by atoms with Gasteiger partial charge in [0.05, 0.1) is 11.5 Å². The van der Waals surface area contributed by atoms with Crippen LogP contribution in [0.15, 0.2) is 24.3 Å². The number of nitrogens with two attached hydrogens (primary N) is 1. The number of carbonyl (C=O) groups is 1. The molecule has 1 aromatic rings. The smallest absolute Gasteiger partial charge is 0.254 e. The Morgan fingerprint density at radius 2 is 2.20 bits per heavy atom. The van der Waals surface area contributed by atoms with Gasteiger partial charge in [0.25, 0.3) is 5.91 Å². The molecule has 0 radical (unpaired) electrons. The normalized spacial score (nSPS) is 20.8. The van der Waals surface area contributed by atoms with Gasteiger partial charge >= 0.3 is 0 Å². The maximum Gasteiger partial charge on any atom is 0.254 e. The second-order valence-electron chi connectivity index (χ2n) is 5.18. The summed E-state index contributed by atoms with van der Waals surface area (Å²) in [6.07, 6.45) is 1.32. The third-order valence-electron chi connectivity index (χ3n) is 3.51.